The minimum atomic E-state index is 0.346. The van der Waals surface area contributed by atoms with Gasteiger partial charge in [0, 0.05) is 23.7 Å². The van der Waals surface area contributed by atoms with Crippen LogP contribution in [0.2, 0.25) is 5.15 Å². The van der Waals surface area contributed by atoms with Gasteiger partial charge in [0.15, 0.2) is 0 Å². The van der Waals surface area contributed by atoms with Crippen molar-refractivity contribution >= 4 is 34.6 Å². The fraction of sp³-hybridized carbons (Fsp3) is 0.438. The molecule has 0 aromatic carbocycles. The third kappa shape index (κ3) is 4.37. The molecule has 3 N–H and O–H groups in total. The van der Waals surface area contributed by atoms with Gasteiger partial charge in [0.25, 0.3) is 0 Å². The molecule has 0 atom stereocenters. The van der Waals surface area contributed by atoms with Gasteiger partial charge in [-0.05, 0) is 45.1 Å². The molecule has 7 heteroatoms. The maximum absolute atomic E-state index is 11.0. The second kappa shape index (κ2) is 8.76. The predicted molar refractivity (Wildman–Crippen MR) is 94.0 cm³/mol. The Morgan fingerprint density at radius 1 is 1.39 bits per heavy atom. The molecule has 0 bridgehead atoms. The summed E-state index contributed by atoms with van der Waals surface area (Å²) in [4.78, 5) is 21.8. The van der Waals surface area contributed by atoms with Crippen molar-refractivity contribution in [3.63, 3.8) is 0 Å². The zero-order valence-corrected chi connectivity index (χ0v) is 14.0. The lowest BCUT2D eigenvalue weighted by atomic mass is 10.0. The summed E-state index contributed by atoms with van der Waals surface area (Å²) >= 11 is 5.93. The molecule has 2 aromatic heterocycles. The number of nitrogens with one attached hydrogen (secondary N) is 1. The normalized spacial score (nSPS) is 14.9. The number of pyridine rings is 2. The number of nitrogens with two attached hydrogens (primary N) is 1. The number of nitrogens with zero attached hydrogens (tertiary/aromatic N) is 3. The van der Waals surface area contributed by atoms with E-state index < -0.39 is 0 Å². The minimum Gasteiger partial charge on any atom is -0.346 e. The number of carbonyl (C=O) groups excluding carboxylic acids is 1. The first-order valence-electron chi connectivity index (χ1n) is 7.69. The van der Waals surface area contributed by atoms with E-state index in [0.29, 0.717) is 17.7 Å². The third-order valence-electron chi connectivity index (χ3n) is 3.84. The number of rotatable bonds is 4. The Bertz CT molecular complexity index is 645. The summed E-state index contributed by atoms with van der Waals surface area (Å²) in [6, 6.07) is 6.02. The van der Waals surface area contributed by atoms with Gasteiger partial charge >= 0.3 is 0 Å². The van der Waals surface area contributed by atoms with Crippen LogP contribution in [0, 0.1) is 0 Å². The van der Waals surface area contributed by atoms with E-state index >= 15 is 0 Å². The van der Waals surface area contributed by atoms with Crippen LogP contribution >= 0.6 is 11.6 Å². The molecule has 3 rings (SSSR count). The van der Waals surface area contributed by atoms with Crippen LogP contribution in [0.25, 0.3) is 10.9 Å². The van der Waals surface area contributed by atoms with Crippen molar-refractivity contribution in [3.05, 3.63) is 29.5 Å². The highest BCUT2D eigenvalue weighted by Gasteiger charge is 2.22. The van der Waals surface area contributed by atoms with Gasteiger partial charge in [0.1, 0.15) is 17.3 Å². The first-order chi connectivity index (χ1) is 11.3. The number of hydrogen-bond donors (Lipinski definition) is 2. The molecule has 23 heavy (non-hydrogen) atoms. The fourth-order valence-corrected chi connectivity index (χ4v) is 2.92. The molecule has 0 spiro atoms. The van der Waals surface area contributed by atoms with Gasteiger partial charge in [0.2, 0.25) is 0 Å². The molecule has 0 saturated carbocycles. The second-order valence-corrected chi connectivity index (χ2v) is 5.56. The van der Waals surface area contributed by atoms with Crippen LogP contribution in [0.1, 0.15) is 12.8 Å². The number of aldehydes is 1. The number of piperidine rings is 1. The number of anilines is 1. The molecular weight excluding hydrogens is 314 g/mol. The van der Waals surface area contributed by atoms with E-state index in [9.17, 15) is 4.79 Å². The Kier molecular flexibility index (Phi) is 6.70. The first-order valence-corrected chi connectivity index (χ1v) is 8.07. The number of hydrogen-bond acceptors (Lipinski definition) is 6. The molecule has 3 heterocycles. The average Bonchev–Trinajstić information content (AvgIpc) is 2.61. The number of carbonyl (C=O) groups is 1. The van der Waals surface area contributed by atoms with Gasteiger partial charge in [-0.2, -0.15) is 0 Å². The monoisotopic (exact) mass is 335 g/mol. The smallest absolute Gasteiger partial charge is 0.139 e. The van der Waals surface area contributed by atoms with Crippen LogP contribution in [-0.4, -0.2) is 49.0 Å². The SMILES string of the molecule is CN.O=CCN(c1ccc2cnc(Cl)cc2n1)C1CCNCC1. The topological polar surface area (TPSA) is 84.1 Å². The van der Waals surface area contributed by atoms with E-state index in [1.165, 1.54) is 7.05 Å². The van der Waals surface area contributed by atoms with Crippen molar-refractivity contribution in [2.45, 2.75) is 18.9 Å². The van der Waals surface area contributed by atoms with Gasteiger partial charge in [-0.3, -0.25) is 0 Å². The van der Waals surface area contributed by atoms with E-state index in [4.69, 9.17) is 11.6 Å². The first kappa shape index (κ1) is 17.6. The summed E-state index contributed by atoms with van der Waals surface area (Å²) in [6.45, 7) is 2.31. The van der Waals surface area contributed by atoms with Gasteiger partial charge in [0.05, 0.1) is 12.1 Å². The van der Waals surface area contributed by atoms with Crippen LogP contribution in [0.3, 0.4) is 0 Å². The highest BCUT2D eigenvalue weighted by atomic mass is 35.5. The Balaban J connectivity index is 0.000000924. The van der Waals surface area contributed by atoms with Crippen LogP contribution in [0.4, 0.5) is 5.82 Å². The molecule has 0 unspecified atom stereocenters. The van der Waals surface area contributed by atoms with E-state index in [1.54, 1.807) is 12.3 Å². The van der Waals surface area contributed by atoms with Crippen molar-refractivity contribution in [3.8, 4) is 0 Å². The molecule has 6 nitrogen and oxygen atoms in total. The minimum absolute atomic E-state index is 0.346. The summed E-state index contributed by atoms with van der Waals surface area (Å²) in [5.74, 6) is 0.823. The van der Waals surface area contributed by atoms with Crippen molar-refractivity contribution in [2.24, 2.45) is 5.73 Å². The van der Waals surface area contributed by atoms with Crippen molar-refractivity contribution in [1.29, 1.82) is 0 Å². The van der Waals surface area contributed by atoms with E-state index in [0.717, 1.165) is 48.9 Å². The lowest BCUT2D eigenvalue weighted by Crippen LogP contribution is -2.44. The lowest BCUT2D eigenvalue weighted by Gasteiger charge is -2.34. The quantitative estimate of drug-likeness (QED) is 0.652. The summed E-state index contributed by atoms with van der Waals surface area (Å²) < 4.78 is 0. The Hall–Kier alpha value is -1.76. The zero-order chi connectivity index (χ0) is 16.7. The molecule has 1 aliphatic heterocycles. The predicted octanol–water partition coefficient (Wildman–Crippen LogP) is 1.62. The van der Waals surface area contributed by atoms with E-state index in [-0.39, 0.29) is 0 Å². The Labute approximate surface area is 141 Å². The molecule has 0 radical (unpaired) electrons. The summed E-state index contributed by atoms with van der Waals surface area (Å²) in [6.07, 6.45) is 4.69. The standard InChI is InChI=1S/C15H17ClN4O.CH5N/c16-14-9-13-11(10-18-14)1-2-15(19-13)20(7-8-21)12-3-5-17-6-4-12;1-2/h1-2,8-10,12,17H,3-7H2;2H2,1H3. The number of aromatic nitrogens is 2. The number of fused-ring (bicyclic) bond motifs is 1. The van der Waals surface area contributed by atoms with Crippen molar-refractivity contribution in [1.82, 2.24) is 15.3 Å². The van der Waals surface area contributed by atoms with Crippen molar-refractivity contribution < 1.29 is 4.79 Å². The molecule has 124 valence electrons. The number of halogens is 1. The average molecular weight is 336 g/mol. The third-order valence-corrected chi connectivity index (χ3v) is 4.05. The molecular formula is C16H22ClN5O. The van der Waals surface area contributed by atoms with Crippen LogP contribution in [0.5, 0.6) is 0 Å². The van der Waals surface area contributed by atoms with Gasteiger partial charge in [-0.15, -0.1) is 0 Å². The van der Waals surface area contributed by atoms with E-state index in [1.807, 2.05) is 12.1 Å². The molecule has 1 fully saturated rings. The van der Waals surface area contributed by atoms with E-state index in [2.05, 4.69) is 25.9 Å². The summed E-state index contributed by atoms with van der Waals surface area (Å²) in [5, 5.41) is 4.71. The van der Waals surface area contributed by atoms with Gasteiger partial charge in [-0.25, -0.2) is 9.97 Å². The van der Waals surface area contributed by atoms with Gasteiger partial charge in [-0.1, -0.05) is 11.6 Å². The highest BCUT2D eigenvalue weighted by Crippen LogP contribution is 2.23. The van der Waals surface area contributed by atoms with Crippen molar-refractivity contribution in [2.75, 3.05) is 31.6 Å². The molecule has 0 amide bonds. The van der Waals surface area contributed by atoms with Gasteiger partial charge < -0.3 is 20.7 Å². The van der Waals surface area contributed by atoms with Crippen LogP contribution in [-0.2, 0) is 4.79 Å². The fourth-order valence-electron chi connectivity index (χ4n) is 2.77. The van der Waals surface area contributed by atoms with Crippen LogP contribution < -0.4 is 16.0 Å². The second-order valence-electron chi connectivity index (χ2n) is 5.17. The maximum atomic E-state index is 11.0. The Morgan fingerprint density at radius 2 is 2.13 bits per heavy atom. The summed E-state index contributed by atoms with van der Waals surface area (Å²) in [7, 11) is 1.50. The molecule has 0 aliphatic carbocycles. The molecule has 1 saturated heterocycles. The van der Waals surface area contributed by atoms with Crippen LogP contribution in [0.15, 0.2) is 24.4 Å². The lowest BCUT2D eigenvalue weighted by molar-refractivity contribution is -0.106. The zero-order valence-electron chi connectivity index (χ0n) is 13.2. The molecule has 2 aromatic rings. The molecule has 1 aliphatic rings. The summed E-state index contributed by atoms with van der Waals surface area (Å²) in [5.41, 5.74) is 5.30. The largest absolute Gasteiger partial charge is 0.346 e. The highest BCUT2D eigenvalue weighted by molar-refractivity contribution is 6.29. The maximum Gasteiger partial charge on any atom is 0.139 e. The Morgan fingerprint density at radius 3 is 2.83 bits per heavy atom.